The first-order valence-electron chi connectivity index (χ1n) is 8.60. The quantitative estimate of drug-likeness (QED) is 0.553. The van der Waals surface area contributed by atoms with Gasteiger partial charge in [-0.3, -0.25) is 0 Å². The van der Waals surface area contributed by atoms with Crippen LogP contribution in [0.2, 0.25) is 10.0 Å². The number of rotatable bonds is 5. The highest BCUT2D eigenvalue weighted by Crippen LogP contribution is 2.60. The predicted molar refractivity (Wildman–Crippen MR) is 104 cm³/mol. The van der Waals surface area contributed by atoms with Crippen LogP contribution >= 0.6 is 23.2 Å². The molecule has 1 aliphatic carbocycles. The molecule has 2 aromatic carbocycles. The number of para-hydroxylation sites is 1. The van der Waals surface area contributed by atoms with Crippen molar-refractivity contribution < 1.29 is 9.57 Å². The Hall–Kier alpha value is -1.75. The summed E-state index contributed by atoms with van der Waals surface area (Å²) in [7, 11) is 4.02. The molecule has 2 aromatic rings. The summed E-state index contributed by atoms with van der Waals surface area (Å²) in [6, 6.07) is 13.6. The Labute approximate surface area is 163 Å². The molecule has 4 nitrogen and oxygen atoms in total. The number of hydrogen-bond acceptors (Lipinski definition) is 4. The van der Waals surface area contributed by atoms with E-state index in [0.717, 1.165) is 35.6 Å². The van der Waals surface area contributed by atoms with Crippen LogP contribution in [0, 0.1) is 5.92 Å². The number of nitrogens with zero attached hydrogens (tertiary/aromatic N) is 2. The van der Waals surface area contributed by atoms with Gasteiger partial charge in [-0.05, 0) is 43.9 Å². The normalized spacial score (nSPS) is 24.8. The van der Waals surface area contributed by atoms with Crippen LogP contribution in [0.25, 0.3) is 0 Å². The van der Waals surface area contributed by atoms with E-state index in [4.69, 9.17) is 32.8 Å². The number of oxime groups is 1. The Morgan fingerprint density at radius 1 is 1.19 bits per heavy atom. The monoisotopic (exact) mass is 390 g/mol. The van der Waals surface area contributed by atoms with E-state index in [2.05, 4.69) is 10.1 Å². The van der Waals surface area contributed by atoms with Crippen LogP contribution in [0.1, 0.15) is 17.5 Å². The molecule has 1 aliphatic heterocycles. The third-order valence-electron chi connectivity index (χ3n) is 4.90. The second-order valence-corrected chi connectivity index (χ2v) is 7.80. The van der Waals surface area contributed by atoms with Gasteiger partial charge in [-0.15, -0.1) is 0 Å². The summed E-state index contributed by atoms with van der Waals surface area (Å²) in [5.41, 5.74) is 2.52. The van der Waals surface area contributed by atoms with Gasteiger partial charge in [0.15, 0.2) is 0 Å². The molecule has 0 aromatic heterocycles. The second kappa shape index (κ2) is 6.76. The molecule has 26 heavy (non-hydrogen) atoms. The zero-order valence-electron chi connectivity index (χ0n) is 14.7. The maximum Gasteiger partial charge on any atom is 0.143 e. The minimum absolute atomic E-state index is 0.147. The minimum atomic E-state index is -0.438. The molecule has 0 saturated heterocycles. The van der Waals surface area contributed by atoms with Crippen molar-refractivity contribution in [2.45, 2.75) is 12.0 Å². The van der Waals surface area contributed by atoms with Crippen molar-refractivity contribution in [2.75, 3.05) is 27.2 Å². The highest BCUT2D eigenvalue weighted by molar-refractivity contribution is 6.42. The van der Waals surface area contributed by atoms with Crippen molar-refractivity contribution in [3.8, 4) is 5.75 Å². The van der Waals surface area contributed by atoms with Gasteiger partial charge < -0.3 is 14.5 Å². The van der Waals surface area contributed by atoms with Gasteiger partial charge in [0, 0.05) is 18.5 Å². The van der Waals surface area contributed by atoms with E-state index in [0.29, 0.717) is 16.7 Å². The molecular formula is C20H20Cl2N2O2. The minimum Gasteiger partial charge on any atom is -0.481 e. The first kappa shape index (κ1) is 17.7. The molecule has 1 saturated carbocycles. The lowest BCUT2D eigenvalue weighted by atomic mass is 9.96. The first-order chi connectivity index (χ1) is 12.5. The van der Waals surface area contributed by atoms with E-state index in [1.807, 2.05) is 56.6 Å². The van der Waals surface area contributed by atoms with Crippen LogP contribution in [0.15, 0.2) is 47.6 Å². The van der Waals surface area contributed by atoms with Crippen LogP contribution in [0.3, 0.4) is 0 Å². The van der Waals surface area contributed by atoms with Gasteiger partial charge in [0.05, 0.1) is 21.7 Å². The van der Waals surface area contributed by atoms with Crippen molar-refractivity contribution in [1.29, 1.82) is 0 Å². The molecule has 0 radical (unpaired) electrons. The Morgan fingerprint density at radius 3 is 2.77 bits per heavy atom. The fourth-order valence-corrected chi connectivity index (χ4v) is 3.71. The van der Waals surface area contributed by atoms with E-state index in [-0.39, 0.29) is 5.92 Å². The van der Waals surface area contributed by atoms with Crippen molar-refractivity contribution in [3.05, 3.63) is 63.6 Å². The number of benzene rings is 2. The molecule has 0 spiro atoms. The van der Waals surface area contributed by atoms with E-state index in [1.165, 1.54) is 0 Å². The van der Waals surface area contributed by atoms with Gasteiger partial charge in [0.2, 0.25) is 0 Å². The van der Waals surface area contributed by atoms with Crippen molar-refractivity contribution in [3.63, 3.8) is 0 Å². The Balaban J connectivity index is 1.67. The van der Waals surface area contributed by atoms with Gasteiger partial charge in [0.1, 0.15) is 18.0 Å². The van der Waals surface area contributed by atoms with Crippen molar-refractivity contribution in [2.24, 2.45) is 11.1 Å². The Bertz CT molecular complexity index is 869. The topological polar surface area (TPSA) is 34.1 Å². The molecule has 4 rings (SSSR count). The van der Waals surface area contributed by atoms with E-state index >= 15 is 0 Å². The molecule has 0 amide bonds. The smallest absolute Gasteiger partial charge is 0.143 e. The summed E-state index contributed by atoms with van der Waals surface area (Å²) in [6.07, 6.45) is 0.843. The third kappa shape index (κ3) is 3.07. The van der Waals surface area contributed by atoms with Crippen LogP contribution in [0.4, 0.5) is 0 Å². The molecule has 1 heterocycles. The van der Waals surface area contributed by atoms with Gasteiger partial charge in [0.25, 0.3) is 0 Å². The third-order valence-corrected chi connectivity index (χ3v) is 5.64. The maximum absolute atomic E-state index is 6.40. The van der Waals surface area contributed by atoms with Crippen molar-refractivity contribution >= 4 is 28.9 Å². The maximum atomic E-state index is 6.40. The molecule has 2 atom stereocenters. The molecular weight excluding hydrogens is 371 g/mol. The Morgan fingerprint density at radius 2 is 2.00 bits per heavy atom. The number of likely N-dealkylation sites (N-methyl/N-ethyl adjacent to an activating group) is 1. The number of ether oxygens (including phenoxy) is 1. The summed E-state index contributed by atoms with van der Waals surface area (Å²) in [5.74, 6) is 0.969. The van der Waals surface area contributed by atoms with Crippen LogP contribution in [-0.2, 0) is 10.4 Å². The average Bonchev–Trinajstić information content (AvgIpc) is 3.35. The molecule has 2 unspecified atom stereocenters. The fraction of sp³-hybridized carbons (Fsp3) is 0.350. The first-order valence-corrected chi connectivity index (χ1v) is 9.35. The molecule has 6 heteroatoms. The lowest BCUT2D eigenvalue weighted by Crippen LogP contribution is -2.28. The summed E-state index contributed by atoms with van der Waals surface area (Å²) >= 11 is 12.3. The summed E-state index contributed by atoms with van der Waals surface area (Å²) in [5, 5.41) is 5.56. The van der Waals surface area contributed by atoms with Gasteiger partial charge >= 0.3 is 0 Å². The summed E-state index contributed by atoms with van der Waals surface area (Å²) in [4.78, 5) is 7.67. The zero-order valence-corrected chi connectivity index (χ0v) is 16.2. The standard InChI is InChI=1S/C20H20Cl2N2O2/c1-24(2)9-10-25-23-19-14-5-3-4-6-18(14)26-20(12-15(19)20)13-7-8-16(21)17(22)11-13/h3-8,11,15H,9-10,12H2,1-2H3. The molecule has 2 aliphatic rings. The number of halogens is 2. The fourth-order valence-electron chi connectivity index (χ4n) is 3.41. The summed E-state index contributed by atoms with van der Waals surface area (Å²) in [6.45, 7) is 1.36. The Kier molecular flexibility index (Phi) is 4.59. The highest BCUT2D eigenvalue weighted by atomic mass is 35.5. The predicted octanol–water partition coefficient (Wildman–Crippen LogP) is 4.58. The number of fused-ring (bicyclic) bond motifs is 2. The molecule has 136 valence electrons. The molecule has 1 fully saturated rings. The molecule has 0 bridgehead atoms. The van der Waals surface area contributed by atoms with Gasteiger partial charge in [-0.1, -0.05) is 46.6 Å². The summed E-state index contributed by atoms with van der Waals surface area (Å²) < 4.78 is 6.40. The highest BCUT2D eigenvalue weighted by Gasteiger charge is 2.64. The largest absolute Gasteiger partial charge is 0.481 e. The number of hydrogen-bond donors (Lipinski definition) is 0. The van der Waals surface area contributed by atoms with Crippen molar-refractivity contribution in [1.82, 2.24) is 4.90 Å². The van der Waals surface area contributed by atoms with Crippen LogP contribution in [-0.4, -0.2) is 37.9 Å². The van der Waals surface area contributed by atoms with E-state index in [9.17, 15) is 0 Å². The molecule has 0 N–H and O–H groups in total. The van der Waals surface area contributed by atoms with Gasteiger partial charge in [-0.2, -0.15) is 0 Å². The lowest BCUT2D eigenvalue weighted by Gasteiger charge is -2.27. The van der Waals surface area contributed by atoms with E-state index < -0.39 is 5.60 Å². The lowest BCUT2D eigenvalue weighted by molar-refractivity contribution is 0.121. The average molecular weight is 391 g/mol. The van der Waals surface area contributed by atoms with E-state index in [1.54, 1.807) is 0 Å². The van der Waals surface area contributed by atoms with Crippen LogP contribution < -0.4 is 4.74 Å². The second-order valence-electron chi connectivity index (χ2n) is 6.99. The SMILES string of the molecule is CN(C)CCON=C1c2ccccc2OC2(c3ccc(Cl)c(Cl)c3)CC12. The van der Waals surface area contributed by atoms with Gasteiger partial charge in [-0.25, -0.2) is 0 Å². The zero-order chi connectivity index (χ0) is 18.3. The van der Waals surface area contributed by atoms with Crippen LogP contribution in [0.5, 0.6) is 5.75 Å².